The Morgan fingerprint density at radius 3 is 2.48 bits per heavy atom. The van der Waals surface area contributed by atoms with Gasteiger partial charge in [-0.3, -0.25) is 10.1 Å². The summed E-state index contributed by atoms with van der Waals surface area (Å²) < 4.78 is 5.28. The lowest BCUT2D eigenvalue weighted by Crippen LogP contribution is -2.58. The van der Waals surface area contributed by atoms with Crippen molar-refractivity contribution < 1.29 is 24.4 Å². The van der Waals surface area contributed by atoms with Crippen LogP contribution in [0.15, 0.2) is 24.3 Å². The SMILES string of the molecule is CC(C)(C)OC(=O)N1CCN(c2ccccc2[N+](=O)[O-])C(C(=O)O)C1. The second kappa shape index (κ2) is 6.96. The molecule has 1 amide bonds. The molecule has 1 heterocycles. The van der Waals surface area contributed by atoms with Crippen molar-refractivity contribution in [2.75, 3.05) is 24.5 Å². The number of hydrogen-bond acceptors (Lipinski definition) is 6. The number of aliphatic carboxylic acids is 1. The number of hydrogen-bond donors (Lipinski definition) is 1. The number of nitro groups is 1. The van der Waals surface area contributed by atoms with Crippen molar-refractivity contribution in [1.29, 1.82) is 0 Å². The number of ether oxygens (including phenoxy) is 1. The van der Waals surface area contributed by atoms with E-state index in [1.807, 2.05) is 0 Å². The number of para-hydroxylation sites is 2. The summed E-state index contributed by atoms with van der Waals surface area (Å²) >= 11 is 0. The highest BCUT2D eigenvalue weighted by Gasteiger charge is 2.38. The number of carbonyl (C=O) groups excluding carboxylic acids is 1. The summed E-state index contributed by atoms with van der Waals surface area (Å²) in [4.78, 5) is 37.3. The predicted molar refractivity (Wildman–Crippen MR) is 89.7 cm³/mol. The molecule has 1 fully saturated rings. The molecule has 9 heteroatoms. The van der Waals surface area contributed by atoms with Crippen LogP contribution in [0.1, 0.15) is 20.8 Å². The zero-order valence-electron chi connectivity index (χ0n) is 14.3. The van der Waals surface area contributed by atoms with E-state index in [1.54, 1.807) is 26.8 Å². The van der Waals surface area contributed by atoms with Gasteiger partial charge in [-0.2, -0.15) is 0 Å². The fourth-order valence-electron chi connectivity index (χ4n) is 2.64. The smallest absolute Gasteiger partial charge is 0.410 e. The van der Waals surface area contributed by atoms with Crippen LogP contribution in [0.2, 0.25) is 0 Å². The number of carboxylic acid groups (broad SMARTS) is 1. The fraction of sp³-hybridized carbons (Fsp3) is 0.500. The van der Waals surface area contributed by atoms with Crippen LogP contribution in [0, 0.1) is 10.1 Å². The van der Waals surface area contributed by atoms with E-state index in [-0.39, 0.29) is 31.0 Å². The van der Waals surface area contributed by atoms with Crippen molar-refractivity contribution in [3.63, 3.8) is 0 Å². The Balaban J connectivity index is 2.25. The minimum absolute atomic E-state index is 0.115. The summed E-state index contributed by atoms with van der Waals surface area (Å²) in [5.74, 6) is -1.16. The van der Waals surface area contributed by atoms with Crippen LogP contribution in [0.4, 0.5) is 16.2 Å². The van der Waals surface area contributed by atoms with Crippen molar-refractivity contribution in [3.05, 3.63) is 34.4 Å². The van der Waals surface area contributed by atoms with Crippen molar-refractivity contribution >= 4 is 23.4 Å². The summed E-state index contributed by atoms with van der Waals surface area (Å²) in [6.07, 6.45) is -0.596. The molecule has 0 aromatic heterocycles. The molecule has 0 aliphatic carbocycles. The summed E-state index contributed by atoms with van der Waals surface area (Å²) in [5.41, 5.74) is -0.631. The molecular weight excluding hydrogens is 330 g/mol. The highest BCUT2D eigenvalue weighted by atomic mass is 16.6. The van der Waals surface area contributed by atoms with Gasteiger partial charge >= 0.3 is 12.1 Å². The molecule has 0 saturated carbocycles. The number of nitrogens with zero attached hydrogens (tertiary/aromatic N) is 3. The Morgan fingerprint density at radius 1 is 1.28 bits per heavy atom. The van der Waals surface area contributed by atoms with E-state index in [4.69, 9.17) is 4.74 Å². The highest BCUT2D eigenvalue weighted by Crippen LogP contribution is 2.31. The molecule has 1 saturated heterocycles. The van der Waals surface area contributed by atoms with Gasteiger partial charge in [-0.05, 0) is 26.8 Å². The minimum Gasteiger partial charge on any atom is -0.480 e. The van der Waals surface area contributed by atoms with Gasteiger partial charge in [-0.1, -0.05) is 12.1 Å². The maximum atomic E-state index is 12.2. The molecule has 1 aliphatic rings. The second-order valence-corrected chi connectivity index (χ2v) is 6.72. The molecule has 0 spiro atoms. The van der Waals surface area contributed by atoms with Crippen LogP contribution in [-0.4, -0.2) is 58.3 Å². The molecule has 1 N–H and O–H groups in total. The summed E-state index contributed by atoms with van der Waals surface area (Å²) in [6.45, 7) is 5.43. The van der Waals surface area contributed by atoms with E-state index in [0.29, 0.717) is 0 Å². The normalized spacial score (nSPS) is 18.0. The van der Waals surface area contributed by atoms with Crippen LogP contribution in [0.25, 0.3) is 0 Å². The first-order chi connectivity index (χ1) is 11.6. The maximum Gasteiger partial charge on any atom is 0.410 e. The van der Waals surface area contributed by atoms with E-state index >= 15 is 0 Å². The van der Waals surface area contributed by atoms with Gasteiger partial charge in [0.05, 0.1) is 11.5 Å². The molecular formula is C16H21N3O6. The van der Waals surface area contributed by atoms with Crippen LogP contribution in [0.5, 0.6) is 0 Å². The predicted octanol–water partition coefficient (Wildman–Crippen LogP) is 2.11. The van der Waals surface area contributed by atoms with Crippen molar-refractivity contribution in [1.82, 2.24) is 4.90 Å². The number of carbonyl (C=O) groups is 2. The average Bonchev–Trinajstić information content (AvgIpc) is 2.52. The lowest BCUT2D eigenvalue weighted by Gasteiger charge is -2.40. The van der Waals surface area contributed by atoms with E-state index < -0.39 is 28.6 Å². The first-order valence-electron chi connectivity index (χ1n) is 7.81. The van der Waals surface area contributed by atoms with Crippen LogP contribution in [-0.2, 0) is 9.53 Å². The average molecular weight is 351 g/mol. The quantitative estimate of drug-likeness (QED) is 0.655. The van der Waals surface area contributed by atoms with Gasteiger partial charge in [0.2, 0.25) is 0 Å². The van der Waals surface area contributed by atoms with E-state index in [1.165, 1.54) is 28.0 Å². The van der Waals surface area contributed by atoms with Gasteiger partial charge in [0.25, 0.3) is 5.69 Å². The van der Waals surface area contributed by atoms with E-state index in [2.05, 4.69) is 0 Å². The molecule has 1 aromatic rings. The van der Waals surface area contributed by atoms with Gasteiger partial charge < -0.3 is 19.6 Å². The highest BCUT2D eigenvalue weighted by molar-refractivity contribution is 5.82. The summed E-state index contributed by atoms with van der Waals surface area (Å²) in [7, 11) is 0. The number of benzene rings is 1. The van der Waals surface area contributed by atoms with E-state index in [9.17, 15) is 24.8 Å². The first-order valence-corrected chi connectivity index (χ1v) is 7.81. The van der Waals surface area contributed by atoms with Crippen LogP contribution >= 0.6 is 0 Å². The molecule has 25 heavy (non-hydrogen) atoms. The lowest BCUT2D eigenvalue weighted by atomic mass is 10.1. The Hall–Kier alpha value is -2.84. The number of rotatable bonds is 3. The molecule has 1 unspecified atom stereocenters. The number of piperazine rings is 1. The molecule has 0 radical (unpaired) electrons. The third-order valence-electron chi connectivity index (χ3n) is 3.70. The van der Waals surface area contributed by atoms with Crippen LogP contribution < -0.4 is 4.90 Å². The number of carboxylic acids is 1. The molecule has 2 rings (SSSR count). The number of anilines is 1. The third kappa shape index (κ3) is 4.37. The fourth-order valence-corrected chi connectivity index (χ4v) is 2.64. The van der Waals surface area contributed by atoms with E-state index in [0.717, 1.165) is 0 Å². The molecule has 1 aliphatic heterocycles. The Morgan fingerprint density at radius 2 is 1.92 bits per heavy atom. The third-order valence-corrected chi connectivity index (χ3v) is 3.70. The van der Waals surface area contributed by atoms with Crippen molar-refractivity contribution in [2.45, 2.75) is 32.4 Å². The summed E-state index contributed by atoms with van der Waals surface area (Å²) in [5, 5.41) is 20.8. The monoisotopic (exact) mass is 351 g/mol. The Labute approximate surface area is 144 Å². The van der Waals surface area contributed by atoms with Gasteiger partial charge in [0.1, 0.15) is 17.3 Å². The Kier molecular flexibility index (Phi) is 5.15. The first kappa shape index (κ1) is 18.5. The minimum atomic E-state index is -1.16. The molecule has 136 valence electrons. The number of amides is 1. The molecule has 0 bridgehead atoms. The zero-order valence-corrected chi connectivity index (χ0v) is 14.3. The Bertz CT molecular complexity index is 685. The largest absolute Gasteiger partial charge is 0.480 e. The standard InChI is InChI=1S/C16H21N3O6/c1-16(2,3)25-15(22)17-8-9-18(13(10-17)14(20)21)11-6-4-5-7-12(11)19(23)24/h4-7,13H,8-10H2,1-3H3,(H,20,21). The van der Waals surface area contributed by atoms with Crippen molar-refractivity contribution in [3.8, 4) is 0 Å². The maximum absolute atomic E-state index is 12.2. The van der Waals surface area contributed by atoms with Crippen molar-refractivity contribution in [2.24, 2.45) is 0 Å². The molecule has 1 atom stereocenters. The van der Waals surface area contributed by atoms with Gasteiger partial charge in [-0.15, -0.1) is 0 Å². The van der Waals surface area contributed by atoms with Gasteiger partial charge in [-0.25, -0.2) is 9.59 Å². The zero-order chi connectivity index (χ0) is 18.8. The van der Waals surface area contributed by atoms with Crippen LogP contribution in [0.3, 0.4) is 0 Å². The summed E-state index contributed by atoms with van der Waals surface area (Å²) in [6, 6.07) is 4.88. The topological polar surface area (TPSA) is 113 Å². The molecule has 9 nitrogen and oxygen atoms in total. The van der Waals surface area contributed by atoms with Gasteiger partial charge in [0, 0.05) is 19.2 Å². The lowest BCUT2D eigenvalue weighted by molar-refractivity contribution is -0.384. The number of nitro benzene ring substituents is 1. The second-order valence-electron chi connectivity index (χ2n) is 6.72. The van der Waals surface area contributed by atoms with Gasteiger partial charge in [0.15, 0.2) is 0 Å². The molecule has 1 aromatic carbocycles.